The zero-order valence-electron chi connectivity index (χ0n) is 23.8. The van der Waals surface area contributed by atoms with Crippen LogP contribution < -0.4 is 0 Å². The van der Waals surface area contributed by atoms with Crippen molar-refractivity contribution in [3.8, 4) is 0 Å². The van der Waals surface area contributed by atoms with Gasteiger partial charge in [-0.15, -0.1) is 0 Å². The van der Waals surface area contributed by atoms with E-state index in [1.165, 1.54) is 6.92 Å². The fraction of sp³-hybridized carbons (Fsp3) is 0.562. The normalized spacial score (nSPS) is 40.9. The van der Waals surface area contributed by atoms with E-state index in [0.29, 0.717) is 29.6 Å². The van der Waals surface area contributed by atoms with Crippen molar-refractivity contribution in [2.45, 2.75) is 90.3 Å². The van der Waals surface area contributed by atoms with Gasteiger partial charge in [-0.25, -0.2) is 4.79 Å². The maximum Gasteiger partial charge on any atom is 0.338 e. The van der Waals surface area contributed by atoms with Gasteiger partial charge in [0.2, 0.25) is 0 Å². The quantitative estimate of drug-likeness (QED) is 0.541. The van der Waals surface area contributed by atoms with Crippen LogP contribution in [-0.2, 0) is 19.0 Å². The third-order valence-electron chi connectivity index (χ3n) is 10.9. The standard InChI is InChI=1S/C32H40O7/c1-18-14-15-31(36)27(38-26(35)22-12-10-9-11-13-22)30(8)29(7,20(3)19(2)25(18)28(31,5)6)23(34)16-24-32(30,17-37-24)39-21(4)33/h9-13,23-24,27,34,36H,2-3,14-17H2,1,4-8H3/t23-,24+,27-,29?,30-,31?,32-/m0/s1. The maximum absolute atomic E-state index is 13.8. The van der Waals surface area contributed by atoms with E-state index in [9.17, 15) is 19.8 Å². The first kappa shape index (κ1) is 27.8. The fourth-order valence-electron chi connectivity index (χ4n) is 8.35. The van der Waals surface area contributed by atoms with Crippen LogP contribution in [0.4, 0.5) is 0 Å². The molecule has 0 spiro atoms. The Kier molecular flexibility index (Phi) is 6.15. The van der Waals surface area contributed by atoms with E-state index in [1.807, 2.05) is 40.7 Å². The predicted molar refractivity (Wildman–Crippen MR) is 146 cm³/mol. The molecule has 2 saturated carbocycles. The molecule has 1 aromatic rings. The minimum atomic E-state index is -1.61. The Morgan fingerprint density at radius 3 is 2.31 bits per heavy atom. The van der Waals surface area contributed by atoms with Crippen LogP contribution >= 0.6 is 0 Å². The third-order valence-corrected chi connectivity index (χ3v) is 10.9. The summed E-state index contributed by atoms with van der Waals surface area (Å²) < 4.78 is 18.6. The molecule has 7 atom stereocenters. The summed E-state index contributed by atoms with van der Waals surface area (Å²) in [5, 5.41) is 24.8. The van der Waals surface area contributed by atoms with Gasteiger partial charge in [-0.2, -0.15) is 0 Å². The first-order valence-corrected chi connectivity index (χ1v) is 13.7. The summed E-state index contributed by atoms with van der Waals surface area (Å²) in [5.41, 5.74) is -2.94. The number of hydrogen-bond donors (Lipinski definition) is 2. The van der Waals surface area contributed by atoms with E-state index in [4.69, 9.17) is 14.2 Å². The van der Waals surface area contributed by atoms with Gasteiger partial charge in [0.1, 0.15) is 17.8 Å². The average molecular weight is 537 g/mol. The van der Waals surface area contributed by atoms with Crippen molar-refractivity contribution in [3.63, 3.8) is 0 Å². The highest BCUT2D eigenvalue weighted by Gasteiger charge is 2.81. The molecule has 0 aromatic heterocycles. The number of rotatable bonds is 3. The minimum absolute atomic E-state index is 0.0352. The van der Waals surface area contributed by atoms with Gasteiger partial charge < -0.3 is 24.4 Å². The summed E-state index contributed by atoms with van der Waals surface area (Å²) in [7, 11) is 0. The SMILES string of the molecule is C=C1C(=C)C2(C)[C@@H](O)C[C@H]3OC[C@@]3(OC(C)=O)[C@@]2(C)[C@H](OC(=O)c2ccccc2)C2(O)CCC(C)=C1C2(C)C. The molecule has 0 radical (unpaired) electrons. The molecule has 7 heteroatoms. The molecule has 210 valence electrons. The number of esters is 2. The van der Waals surface area contributed by atoms with Crippen LogP contribution in [0.25, 0.3) is 0 Å². The Hall–Kier alpha value is -2.74. The molecular formula is C32H40O7. The molecule has 1 aromatic carbocycles. The van der Waals surface area contributed by atoms with Gasteiger partial charge in [0.25, 0.3) is 0 Å². The van der Waals surface area contributed by atoms with Crippen molar-refractivity contribution in [1.29, 1.82) is 0 Å². The zero-order chi connectivity index (χ0) is 28.8. The van der Waals surface area contributed by atoms with Crippen molar-refractivity contribution >= 4 is 11.9 Å². The lowest BCUT2D eigenvalue weighted by atomic mass is 9.38. The number of aliphatic hydroxyl groups is 2. The topological polar surface area (TPSA) is 102 Å². The molecule has 5 rings (SSSR count). The summed E-state index contributed by atoms with van der Waals surface area (Å²) in [6, 6.07) is 8.62. The van der Waals surface area contributed by atoms with E-state index in [0.717, 1.165) is 11.1 Å². The largest absolute Gasteiger partial charge is 0.455 e. The molecule has 2 unspecified atom stereocenters. The average Bonchev–Trinajstić information content (AvgIpc) is 2.87. The van der Waals surface area contributed by atoms with E-state index in [2.05, 4.69) is 13.2 Å². The van der Waals surface area contributed by atoms with Crippen LogP contribution in [0.5, 0.6) is 0 Å². The van der Waals surface area contributed by atoms with Crippen LogP contribution in [0.15, 0.2) is 65.8 Å². The van der Waals surface area contributed by atoms with Crippen LogP contribution in [-0.4, -0.2) is 58.3 Å². The van der Waals surface area contributed by atoms with Crippen molar-refractivity contribution in [2.24, 2.45) is 16.2 Å². The summed E-state index contributed by atoms with van der Waals surface area (Å²) >= 11 is 0. The van der Waals surface area contributed by atoms with Crippen LogP contribution in [0.3, 0.4) is 0 Å². The van der Waals surface area contributed by atoms with E-state index >= 15 is 0 Å². The van der Waals surface area contributed by atoms with Crippen molar-refractivity contribution in [2.75, 3.05) is 6.61 Å². The van der Waals surface area contributed by atoms with E-state index < -0.39 is 57.7 Å². The van der Waals surface area contributed by atoms with E-state index in [-0.39, 0.29) is 13.0 Å². The second-order valence-corrected chi connectivity index (χ2v) is 12.8. The summed E-state index contributed by atoms with van der Waals surface area (Å²) in [5.74, 6) is -1.13. The molecule has 7 nitrogen and oxygen atoms in total. The van der Waals surface area contributed by atoms with Gasteiger partial charge in [0.05, 0.1) is 23.7 Å². The number of benzene rings is 1. The molecule has 2 N–H and O–H groups in total. The maximum atomic E-state index is 13.8. The Morgan fingerprint density at radius 1 is 1.10 bits per heavy atom. The molecule has 39 heavy (non-hydrogen) atoms. The summed E-state index contributed by atoms with van der Waals surface area (Å²) in [6.07, 6.45) is -1.84. The third kappa shape index (κ3) is 3.27. The second kappa shape index (κ2) is 8.63. The molecule has 3 aliphatic carbocycles. The van der Waals surface area contributed by atoms with Crippen molar-refractivity contribution in [3.05, 3.63) is 71.3 Å². The minimum Gasteiger partial charge on any atom is -0.455 e. The van der Waals surface area contributed by atoms with Crippen molar-refractivity contribution < 1.29 is 34.0 Å². The highest BCUT2D eigenvalue weighted by atomic mass is 16.6. The van der Waals surface area contributed by atoms with Crippen LogP contribution in [0.1, 0.15) is 71.2 Å². The van der Waals surface area contributed by atoms with E-state index in [1.54, 1.807) is 24.3 Å². The van der Waals surface area contributed by atoms with Crippen molar-refractivity contribution in [1.82, 2.24) is 0 Å². The highest BCUT2D eigenvalue weighted by molar-refractivity contribution is 5.89. The number of ether oxygens (including phenoxy) is 3. The van der Waals surface area contributed by atoms with Gasteiger partial charge >= 0.3 is 11.9 Å². The Balaban J connectivity index is 1.85. The molecule has 1 aliphatic heterocycles. The van der Waals surface area contributed by atoms with Crippen LogP contribution in [0, 0.1) is 16.2 Å². The number of hydrogen-bond acceptors (Lipinski definition) is 7. The molecule has 0 amide bonds. The molecule has 1 heterocycles. The zero-order valence-corrected chi connectivity index (χ0v) is 23.8. The molecule has 3 fully saturated rings. The molecule has 1 saturated heterocycles. The highest BCUT2D eigenvalue weighted by Crippen LogP contribution is 2.72. The number of aliphatic hydroxyl groups excluding tert-OH is 1. The first-order valence-electron chi connectivity index (χ1n) is 13.7. The Labute approximate surface area is 230 Å². The van der Waals surface area contributed by atoms with Gasteiger partial charge in [0, 0.05) is 24.2 Å². The molecule has 4 aliphatic rings. The molecule has 2 bridgehead atoms. The predicted octanol–water partition coefficient (Wildman–Crippen LogP) is 4.68. The Bertz CT molecular complexity index is 1290. The molecular weight excluding hydrogens is 496 g/mol. The number of carbonyl (C=O) groups excluding carboxylic acids is 2. The van der Waals surface area contributed by atoms with Crippen LogP contribution in [0.2, 0.25) is 0 Å². The summed E-state index contributed by atoms with van der Waals surface area (Å²) in [4.78, 5) is 26.4. The number of carbonyl (C=O) groups is 2. The fourth-order valence-corrected chi connectivity index (χ4v) is 8.35. The summed E-state index contributed by atoms with van der Waals surface area (Å²) in [6.45, 7) is 19.9. The number of allylic oxidation sites excluding steroid dienone is 2. The monoisotopic (exact) mass is 536 g/mol. The van der Waals surface area contributed by atoms with Gasteiger partial charge in [-0.3, -0.25) is 4.79 Å². The first-order chi connectivity index (χ1) is 18.1. The lowest BCUT2D eigenvalue weighted by Gasteiger charge is -2.73. The smallest absolute Gasteiger partial charge is 0.338 e. The number of fused-ring (bicyclic) bond motifs is 5. The lowest BCUT2D eigenvalue weighted by molar-refractivity contribution is -0.379. The van der Waals surface area contributed by atoms with Gasteiger partial charge in [-0.1, -0.05) is 64.6 Å². The van der Waals surface area contributed by atoms with Gasteiger partial charge in [-0.05, 0) is 48.6 Å². The van der Waals surface area contributed by atoms with Gasteiger partial charge in [0.15, 0.2) is 5.60 Å². The second-order valence-electron chi connectivity index (χ2n) is 12.8. The Morgan fingerprint density at radius 2 is 1.74 bits per heavy atom. The lowest BCUT2D eigenvalue weighted by Crippen LogP contribution is -2.84.